The molecule has 1 atom stereocenters. The van der Waals surface area contributed by atoms with Gasteiger partial charge in [0.1, 0.15) is 0 Å². The molecule has 1 amide bonds. The molecule has 1 saturated heterocycles. The molecule has 0 unspecified atom stereocenters. The maximum Gasteiger partial charge on any atom is 0.254 e. The molecule has 1 aliphatic heterocycles. The van der Waals surface area contributed by atoms with Crippen LogP contribution >= 0.6 is 0 Å². The molecule has 116 valence electrons. The molecule has 0 saturated carbocycles. The van der Waals surface area contributed by atoms with Crippen LogP contribution < -0.4 is 0 Å². The van der Waals surface area contributed by atoms with Crippen molar-refractivity contribution in [3.63, 3.8) is 0 Å². The summed E-state index contributed by atoms with van der Waals surface area (Å²) >= 11 is 0. The van der Waals surface area contributed by atoms with Gasteiger partial charge in [-0.25, -0.2) is 8.78 Å². The fraction of sp³-hybridized carbons (Fsp3) is 0.375. The zero-order valence-electron chi connectivity index (χ0n) is 12.3. The minimum atomic E-state index is -0.996. The van der Waals surface area contributed by atoms with Gasteiger partial charge >= 0.3 is 0 Å². The summed E-state index contributed by atoms with van der Waals surface area (Å²) in [5, 5.41) is 4.24. The summed E-state index contributed by atoms with van der Waals surface area (Å²) in [7, 11) is 0. The van der Waals surface area contributed by atoms with Crippen molar-refractivity contribution in [2.45, 2.75) is 32.4 Å². The third kappa shape index (κ3) is 2.86. The third-order valence-corrected chi connectivity index (χ3v) is 3.96. The van der Waals surface area contributed by atoms with Crippen molar-refractivity contribution < 1.29 is 13.6 Å². The standard InChI is InChI=1S/C16H17F2N3O/c1-11-8-19-20(9-11)10-13-3-2-6-21(13)16(22)12-4-5-14(17)15(18)7-12/h4-5,7-9,13H,2-3,6,10H2,1H3/t13-/m1/s1. The monoisotopic (exact) mass is 305 g/mol. The lowest BCUT2D eigenvalue weighted by Crippen LogP contribution is -2.38. The maximum absolute atomic E-state index is 13.3. The average Bonchev–Trinajstić information content (AvgIpc) is 3.11. The van der Waals surface area contributed by atoms with E-state index in [1.165, 1.54) is 6.07 Å². The lowest BCUT2D eigenvalue weighted by atomic mass is 10.1. The highest BCUT2D eigenvalue weighted by atomic mass is 19.2. The number of amides is 1. The van der Waals surface area contributed by atoms with Gasteiger partial charge in [0.15, 0.2) is 11.6 Å². The Morgan fingerprint density at radius 3 is 2.86 bits per heavy atom. The van der Waals surface area contributed by atoms with Crippen molar-refractivity contribution in [2.24, 2.45) is 0 Å². The Labute approximate surface area is 127 Å². The van der Waals surface area contributed by atoms with E-state index < -0.39 is 11.6 Å². The van der Waals surface area contributed by atoms with Crippen LogP contribution in [0.1, 0.15) is 28.8 Å². The molecular weight excluding hydrogens is 288 g/mol. The Morgan fingerprint density at radius 2 is 2.18 bits per heavy atom. The highest BCUT2D eigenvalue weighted by Crippen LogP contribution is 2.22. The Morgan fingerprint density at radius 1 is 1.36 bits per heavy atom. The van der Waals surface area contributed by atoms with E-state index in [9.17, 15) is 13.6 Å². The molecule has 1 aromatic heterocycles. The quantitative estimate of drug-likeness (QED) is 0.874. The van der Waals surface area contributed by atoms with E-state index in [0.717, 1.165) is 30.5 Å². The van der Waals surface area contributed by atoms with E-state index in [0.29, 0.717) is 13.1 Å². The second kappa shape index (κ2) is 5.87. The number of aryl methyl sites for hydroxylation is 1. The first kappa shape index (κ1) is 14.7. The summed E-state index contributed by atoms with van der Waals surface area (Å²) in [5.41, 5.74) is 1.25. The Balaban J connectivity index is 1.77. The molecule has 0 N–H and O–H groups in total. The summed E-state index contributed by atoms with van der Waals surface area (Å²) in [6, 6.07) is 3.31. The fourth-order valence-corrected chi connectivity index (χ4v) is 2.87. The highest BCUT2D eigenvalue weighted by Gasteiger charge is 2.30. The Hall–Kier alpha value is -2.24. The van der Waals surface area contributed by atoms with Crippen molar-refractivity contribution in [2.75, 3.05) is 6.54 Å². The van der Waals surface area contributed by atoms with Crippen LogP contribution in [0.3, 0.4) is 0 Å². The molecule has 4 nitrogen and oxygen atoms in total. The molecule has 0 aliphatic carbocycles. The topological polar surface area (TPSA) is 38.1 Å². The molecule has 22 heavy (non-hydrogen) atoms. The number of carbonyl (C=O) groups excluding carboxylic acids is 1. The van der Waals surface area contributed by atoms with Crippen LogP contribution in [0.25, 0.3) is 0 Å². The molecule has 3 rings (SSSR count). The Kier molecular flexibility index (Phi) is 3.92. The summed E-state index contributed by atoms with van der Waals surface area (Å²) in [6.07, 6.45) is 5.49. The highest BCUT2D eigenvalue weighted by molar-refractivity contribution is 5.94. The number of benzene rings is 1. The largest absolute Gasteiger partial charge is 0.334 e. The fourth-order valence-electron chi connectivity index (χ4n) is 2.87. The number of hydrogen-bond donors (Lipinski definition) is 0. The smallest absolute Gasteiger partial charge is 0.254 e. The molecular formula is C16H17F2N3O. The van der Waals surface area contributed by atoms with Crippen LogP contribution in [0.5, 0.6) is 0 Å². The second-order valence-corrected chi connectivity index (χ2v) is 5.66. The third-order valence-electron chi connectivity index (χ3n) is 3.96. The van der Waals surface area contributed by atoms with Gasteiger partial charge in [-0.05, 0) is 43.5 Å². The summed E-state index contributed by atoms with van der Waals surface area (Å²) < 4.78 is 28.1. The molecule has 1 fully saturated rings. The van der Waals surface area contributed by atoms with Gasteiger partial charge in [-0.1, -0.05) is 0 Å². The minimum absolute atomic E-state index is 0.0277. The van der Waals surface area contributed by atoms with E-state index in [4.69, 9.17) is 0 Å². The zero-order chi connectivity index (χ0) is 15.7. The van der Waals surface area contributed by atoms with Crippen LogP contribution in [-0.2, 0) is 6.54 Å². The van der Waals surface area contributed by atoms with Crippen LogP contribution in [0.15, 0.2) is 30.6 Å². The van der Waals surface area contributed by atoms with Crippen LogP contribution in [0.2, 0.25) is 0 Å². The number of aromatic nitrogens is 2. The van der Waals surface area contributed by atoms with Gasteiger partial charge in [0.05, 0.1) is 18.8 Å². The second-order valence-electron chi connectivity index (χ2n) is 5.66. The maximum atomic E-state index is 13.3. The zero-order valence-corrected chi connectivity index (χ0v) is 12.3. The number of halogens is 2. The normalized spacial score (nSPS) is 18.0. The van der Waals surface area contributed by atoms with Gasteiger partial charge < -0.3 is 4.90 Å². The molecule has 0 bridgehead atoms. The van der Waals surface area contributed by atoms with Crippen molar-refractivity contribution in [1.82, 2.24) is 14.7 Å². The first-order valence-electron chi connectivity index (χ1n) is 7.29. The van der Waals surface area contributed by atoms with E-state index in [1.807, 2.05) is 17.8 Å². The van der Waals surface area contributed by atoms with Crippen LogP contribution in [0, 0.1) is 18.6 Å². The summed E-state index contributed by atoms with van der Waals surface area (Å²) in [5.74, 6) is -2.20. The van der Waals surface area contributed by atoms with Crippen LogP contribution in [-0.4, -0.2) is 33.2 Å². The molecule has 2 aromatic rings. The molecule has 2 heterocycles. The lowest BCUT2D eigenvalue weighted by molar-refractivity contribution is 0.0721. The molecule has 6 heteroatoms. The lowest BCUT2D eigenvalue weighted by Gasteiger charge is -2.24. The van der Waals surface area contributed by atoms with Gasteiger partial charge in [0, 0.05) is 18.3 Å². The van der Waals surface area contributed by atoms with E-state index in [2.05, 4.69) is 5.10 Å². The number of hydrogen-bond acceptors (Lipinski definition) is 2. The molecule has 1 aromatic carbocycles. The number of rotatable bonds is 3. The van der Waals surface area contributed by atoms with Gasteiger partial charge in [-0.15, -0.1) is 0 Å². The minimum Gasteiger partial charge on any atom is -0.334 e. The summed E-state index contributed by atoms with van der Waals surface area (Å²) in [6.45, 7) is 3.20. The van der Waals surface area contributed by atoms with Gasteiger partial charge in [0.2, 0.25) is 0 Å². The van der Waals surface area contributed by atoms with Gasteiger partial charge in [0.25, 0.3) is 5.91 Å². The van der Waals surface area contributed by atoms with Crippen molar-refractivity contribution in [3.8, 4) is 0 Å². The summed E-state index contributed by atoms with van der Waals surface area (Å²) in [4.78, 5) is 14.2. The average molecular weight is 305 g/mol. The Bertz CT molecular complexity index is 698. The predicted octanol–water partition coefficient (Wildman–Crippen LogP) is 2.77. The van der Waals surface area contributed by atoms with Crippen molar-refractivity contribution in [3.05, 3.63) is 53.4 Å². The number of carbonyl (C=O) groups is 1. The molecule has 1 aliphatic rings. The van der Waals surface area contributed by atoms with Gasteiger partial charge in [-0.3, -0.25) is 9.48 Å². The first-order chi connectivity index (χ1) is 10.5. The van der Waals surface area contributed by atoms with E-state index in [1.54, 1.807) is 11.1 Å². The van der Waals surface area contributed by atoms with E-state index in [-0.39, 0.29) is 17.5 Å². The van der Waals surface area contributed by atoms with Crippen LogP contribution in [0.4, 0.5) is 8.78 Å². The predicted molar refractivity (Wildman–Crippen MR) is 77.4 cm³/mol. The van der Waals surface area contributed by atoms with Gasteiger partial charge in [-0.2, -0.15) is 5.10 Å². The number of nitrogens with zero attached hydrogens (tertiary/aromatic N) is 3. The first-order valence-corrected chi connectivity index (χ1v) is 7.29. The van der Waals surface area contributed by atoms with Crippen molar-refractivity contribution >= 4 is 5.91 Å². The SMILES string of the molecule is Cc1cnn(C[C@H]2CCCN2C(=O)c2ccc(F)c(F)c2)c1. The molecule has 0 spiro atoms. The number of likely N-dealkylation sites (tertiary alicyclic amines) is 1. The van der Waals surface area contributed by atoms with E-state index >= 15 is 0 Å². The molecule has 0 radical (unpaired) electrons. The van der Waals surface area contributed by atoms with Crippen molar-refractivity contribution in [1.29, 1.82) is 0 Å².